The lowest BCUT2D eigenvalue weighted by molar-refractivity contribution is 0.0939. The van der Waals surface area contributed by atoms with Crippen molar-refractivity contribution in [3.8, 4) is 11.3 Å². The number of rotatable bonds is 5. The van der Waals surface area contributed by atoms with Crippen molar-refractivity contribution in [2.75, 3.05) is 13.2 Å². The normalized spacial score (nSPS) is 10.7. The standard InChI is InChI=1S/C14H18N4O3/c1-8-11(13-10(6-20)5-15-7-17-13)9(2)18-12(8)14(21)16-3-4-19/h5,7,18-20H,3-4,6H2,1-2H3,(H,16,21). The fourth-order valence-corrected chi connectivity index (χ4v) is 2.29. The van der Waals surface area contributed by atoms with Gasteiger partial charge in [-0.05, 0) is 19.4 Å². The number of aliphatic hydroxyl groups excluding tert-OH is 2. The van der Waals surface area contributed by atoms with Crippen molar-refractivity contribution in [3.63, 3.8) is 0 Å². The predicted octanol–water partition coefficient (Wildman–Crippen LogP) is 0.303. The SMILES string of the molecule is Cc1[nH]c(C(=O)NCCO)c(C)c1-c1ncncc1CO. The number of hydrogen-bond acceptors (Lipinski definition) is 5. The summed E-state index contributed by atoms with van der Waals surface area (Å²) in [5.74, 6) is -0.282. The van der Waals surface area contributed by atoms with Gasteiger partial charge in [0.2, 0.25) is 0 Å². The second-order valence-electron chi connectivity index (χ2n) is 4.66. The van der Waals surface area contributed by atoms with Crippen LogP contribution >= 0.6 is 0 Å². The Bertz CT molecular complexity index is 652. The average Bonchev–Trinajstić information content (AvgIpc) is 2.79. The van der Waals surface area contributed by atoms with Gasteiger partial charge in [0.25, 0.3) is 5.91 Å². The Morgan fingerprint density at radius 3 is 2.81 bits per heavy atom. The molecule has 0 fully saturated rings. The number of nitrogens with zero attached hydrogens (tertiary/aromatic N) is 2. The van der Waals surface area contributed by atoms with Crippen LogP contribution in [-0.4, -0.2) is 44.2 Å². The van der Waals surface area contributed by atoms with Crippen molar-refractivity contribution in [1.82, 2.24) is 20.3 Å². The van der Waals surface area contributed by atoms with Crippen molar-refractivity contribution in [3.05, 3.63) is 35.0 Å². The monoisotopic (exact) mass is 290 g/mol. The predicted molar refractivity (Wildman–Crippen MR) is 76.6 cm³/mol. The number of aryl methyl sites for hydroxylation is 1. The van der Waals surface area contributed by atoms with Gasteiger partial charge in [0.1, 0.15) is 12.0 Å². The summed E-state index contributed by atoms with van der Waals surface area (Å²) in [6.45, 7) is 3.57. The molecule has 7 heteroatoms. The minimum atomic E-state index is -0.282. The molecule has 0 saturated heterocycles. The van der Waals surface area contributed by atoms with Gasteiger partial charge in [0.05, 0.1) is 18.9 Å². The molecule has 4 N–H and O–H groups in total. The van der Waals surface area contributed by atoms with E-state index in [9.17, 15) is 9.90 Å². The second kappa shape index (κ2) is 6.47. The van der Waals surface area contributed by atoms with Crippen molar-refractivity contribution in [2.45, 2.75) is 20.5 Å². The van der Waals surface area contributed by atoms with Gasteiger partial charge in [-0.2, -0.15) is 0 Å². The molecule has 0 aliphatic carbocycles. The van der Waals surface area contributed by atoms with E-state index in [0.717, 1.165) is 16.8 Å². The highest BCUT2D eigenvalue weighted by molar-refractivity contribution is 5.96. The molecule has 0 unspecified atom stereocenters. The maximum Gasteiger partial charge on any atom is 0.268 e. The molecule has 112 valence electrons. The number of aromatic amines is 1. The van der Waals surface area contributed by atoms with Gasteiger partial charge < -0.3 is 20.5 Å². The summed E-state index contributed by atoms with van der Waals surface area (Å²) >= 11 is 0. The third-order valence-corrected chi connectivity index (χ3v) is 3.26. The van der Waals surface area contributed by atoms with Crippen LogP contribution in [0.25, 0.3) is 11.3 Å². The molecule has 2 aromatic heterocycles. The van der Waals surface area contributed by atoms with E-state index in [1.165, 1.54) is 6.33 Å². The van der Waals surface area contributed by atoms with Gasteiger partial charge in [-0.25, -0.2) is 9.97 Å². The largest absolute Gasteiger partial charge is 0.395 e. The molecule has 0 aliphatic rings. The molecule has 0 radical (unpaired) electrons. The minimum Gasteiger partial charge on any atom is -0.395 e. The molecule has 21 heavy (non-hydrogen) atoms. The Hall–Kier alpha value is -2.25. The lowest BCUT2D eigenvalue weighted by Crippen LogP contribution is -2.27. The van der Waals surface area contributed by atoms with Crippen LogP contribution in [0.1, 0.15) is 27.3 Å². The molecule has 2 aromatic rings. The summed E-state index contributed by atoms with van der Waals surface area (Å²) in [6, 6.07) is 0. The summed E-state index contributed by atoms with van der Waals surface area (Å²) in [5.41, 5.74) is 3.96. The number of carbonyl (C=O) groups excluding carboxylic acids is 1. The van der Waals surface area contributed by atoms with Gasteiger partial charge >= 0.3 is 0 Å². The fraction of sp³-hybridized carbons (Fsp3) is 0.357. The van der Waals surface area contributed by atoms with Crippen LogP contribution < -0.4 is 5.32 Å². The third-order valence-electron chi connectivity index (χ3n) is 3.26. The lowest BCUT2D eigenvalue weighted by Gasteiger charge is -2.07. The van der Waals surface area contributed by atoms with Gasteiger partial charge in [-0.1, -0.05) is 0 Å². The molecule has 0 aromatic carbocycles. The van der Waals surface area contributed by atoms with E-state index in [-0.39, 0.29) is 25.7 Å². The molecular weight excluding hydrogens is 272 g/mol. The van der Waals surface area contributed by atoms with Crippen LogP contribution in [0, 0.1) is 13.8 Å². The van der Waals surface area contributed by atoms with Crippen LogP contribution in [-0.2, 0) is 6.61 Å². The van der Waals surface area contributed by atoms with Crippen LogP contribution in [0.15, 0.2) is 12.5 Å². The van der Waals surface area contributed by atoms with Gasteiger partial charge in [0.15, 0.2) is 0 Å². The summed E-state index contributed by atoms with van der Waals surface area (Å²) in [4.78, 5) is 23.2. The maximum absolute atomic E-state index is 12.0. The number of H-pyrrole nitrogens is 1. The van der Waals surface area contributed by atoms with E-state index < -0.39 is 0 Å². The topological polar surface area (TPSA) is 111 Å². The first-order chi connectivity index (χ1) is 10.1. The fourth-order valence-electron chi connectivity index (χ4n) is 2.29. The Balaban J connectivity index is 2.46. The smallest absolute Gasteiger partial charge is 0.268 e. The molecule has 0 aliphatic heterocycles. The number of hydrogen-bond donors (Lipinski definition) is 4. The van der Waals surface area contributed by atoms with Gasteiger partial charge in [0, 0.05) is 29.6 Å². The molecule has 2 heterocycles. The Labute approximate surface area is 122 Å². The number of nitrogens with one attached hydrogen (secondary N) is 2. The Morgan fingerprint density at radius 1 is 1.38 bits per heavy atom. The van der Waals surface area contributed by atoms with E-state index in [0.29, 0.717) is 17.0 Å². The highest BCUT2D eigenvalue weighted by Gasteiger charge is 2.20. The van der Waals surface area contributed by atoms with Crippen molar-refractivity contribution in [2.24, 2.45) is 0 Å². The first kappa shape index (κ1) is 15.1. The van der Waals surface area contributed by atoms with E-state index >= 15 is 0 Å². The summed E-state index contributed by atoms with van der Waals surface area (Å²) in [7, 11) is 0. The molecule has 0 atom stereocenters. The molecule has 2 rings (SSSR count). The minimum absolute atomic E-state index is 0.113. The van der Waals surface area contributed by atoms with Gasteiger partial charge in [-0.3, -0.25) is 4.79 Å². The summed E-state index contributed by atoms with van der Waals surface area (Å²) in [5, 5.41) is 20.8. The van der Waals surface area contributed by atoms with E-state index in [4.69, 9.17) is 5.11 Å². The zero-order valence-electron chi connectivity index (χ0n) is 12.0. The Kier molecular flexibility index (Phi) is 4.66. The lowest BCUT2D eigenvalue weighted by atomic mass is 10.0. The number of aromatic nitrogens is 3. The molecule has 0 bridgehead atoms. The number of carbonyl (C=O) groups is 1. The first-order valence-electron chi connectivity index (χ1n) is 6.58. The third kappa shape index (κ3) is 2.93. The average molecular weight is 290 g/mol. The second-order valence-corrected chi connectivity index (χ2v) is 4.66. The summed E-state index contributed by atoms with van der Waals surface area (Å²) < 4.78 is 0. The van der Waals surface area contributed by atoms with Crippen molar-refractivity contribution >= 4 is 5.91 Å². The quantitative estimate of drug-likeness (QED) is 0.633. The van der Waals surface area contributed by atoms with E-state index in [2.05, 4.69) is 20.3 Å². The maximum atomic E-state index is 12.0. The highest BCUT2D eigenvalue weighted by atomic mass is 16.3. The van der Waals surface area contributed by atoms with Gasteiger partial charge in [-0.15, -0.1) is 0 Å². The first-order valence-corrected chi connectivity index (χ1v) is 6.58. The van der Waals surface area contributed by atoms with Crippen LogP contribution in [0.4, 0.5) is 0 Å². The number of aliphatic hydroxyl groups is 2. The van der Waals surface area contributed by atoms with Crippen LogP contribution in [0.2, 0.25) is 0 Å². The molecule has 0 saturated carbocycles. The highest BCUT2D eigenvalue weighted by Crippen LogP contribution is 2.30. The molecule has 1 amide bonds. The van der Waals surface area contributed by atoms with Crippen molar-refractivity contribution < 1.29 is 15.0 Å². The molecule has 0 spiro atoms. The van der Waals surface area contributed by atoms with E-state index in [1.807, 2.05) is 13.8 Å². The van der Waals surface area contributed by atoms with E-state index in [1.54, 1.807) is 6.20 Å². The van der Waals surface area contributed by atoms with Crippen molar-refractivity contribution in [1.29, 1.82) is 0 Å². The zero-order chi connectivity index (χ0) is 15.4. The molecule has 7 nitrogen and oxygen atoms in total. The zero-order valence-corrected chi connectivity index (χ0v) is 12.0. The number of amides is 1. The van der Waals surface area contributed by atoms with Crippen LogP contribution in [0.5, 0.6) is 0 Å². The molecular formula is C14H18N4O3. The van der Waals surface area contributed by atoms with Crippen LogP contribution in [0.3, 0.4) is 0 Å². The summed E-state index contributed by atoms with van der Waals surface area (Å²) in [6.07, 6.45) is 2.96. The Morgan fingerprint density at radius 2 is 2.14 bits per heavy atom.